The van der Waals surface area contributed by atoms with E-state index in [0.717, 1.165) is 0 Å². The van der Waals surface area contributed by atoms with E-state index in [1.54, 1.807) is 0 Å². The van der Waals surface area contributed by atoms with Gasteiger partial charge in [0.1, 0.15) is 5.71 Å². The lowest BCUT2D eigenvalue weighted by Gasteiger charge is -2.16. The summed E-state index contributed by atoms with van der Waals surface area (Å²) in [6.45, 7) is -1.67. The maximum atomic E-state index is 12.7. The third-order valence-corrected chi connectivity index (χ3v) is 1.97. The van der Waals surface area contributed by atoms with Crippen molar-refractivity contribution in [3.05, 3.63) is 0 Å². The summed E-state index contributed by atoms with van der Waals surface area (Å²) >= 11 is 0. The van der Waals surface area contributed by atoms with Crippen LogP contribution in [0.2, 0.25) is 0 Å². The number of hydrazone groups is 1. The van der Waals surface area contributed by atoms with Gasteiger partial charge in [-0.05, 0) is 0 Å². The number of hydrogen-bond donors (Lipinski definition) is 3. The summed E-state index contributed by atoms with van der Waals surface area (Å²) in [6.07, 6.45) is 0.269. The fourth-order valence-corrected chi connectivity index (χ4v) is 1.02. The molecule has 0 atom stereocenters. The second-order valence-electron chi connectivity index (χ2n) is 3.34. The predicted molar refractivity (Wildman–Crippen MR) is 51.8 cm³/mol. The molecule has 0 aliphatic carbocycles. The van der Waals surface area contributed by atoms with E-state index in [1.165, 1.54) is 0 Å². The third-order valence-electron chi connectivity index (χ3n) is 1.97. The third kappa shape index (κ3) is 3.54. The molecule has 1 aliphatic heterocycles. The molecule has 0 saturated carbocycles. The normalized spacial score (nSPS) is 16.4. The molecule has 0 radical (unpaired) electrons. The van der Waals surface area contributed by atoms with E-state index in [0.29, 0.717) is 0 Å². The number of nitrogens with one attached hydrogen (secondary N) is 2. The zero-order chi connectivity index (χ0) is 12.2. The molecule has 90 valence electrons. The highest BCUT2D eigenvalue weighted by atomic mass is 19.3. The maximum absolute atomic E-state index is 12.7. The van der Waals surface area contributed by atoms with Crippen LogP contribution < -0.4 is 16.5 Å². The SMILES string of the molecule is NCC(F)(F)CNC(=O)C1=NNC(=O)CC1. The minimum Gasteiger partial charge on any atom is -0.345 e. The Bertz CT molecular complexity index is 330. The van der Waals surface area contributed by atoms with Gasteiger partial charge in [0.25, 0.3) is 11.8 Å². The van der Waals surface area contributed by atoms with Crippen LogP contribution in [0.3, 0.4) is 0 Å². The van der Waals surface area contributed by atoms with Crippen LogP contribution in [-0.4, -0.2) is 36.5 Å². The monoisotopic (exact) mass is 234 g/mol. The molecule has 0 unspecified atom stereocenters. The molecule has 0 aromatic rings. The average molecular weight is 234 g/mol. The molecule has 1 heterocycles. The Morgan fingerprint density at radius 1 is 1.56 bits per heavy atom. The van der Waals surface area contributed by atoms with Crippen molar-refractivity contribution in [2.75, 3.05) is 13.1 Å². The van der Waals surface area contributed by atoms with Gasteiger partial charge >= 0.3 is 0 Å². The summed E-state index contributed by atoms with van der Waals surface area (Å²) in [4.78, 5) is 22.0. The summed E-state index contributed by atoms with van der Waals surface area (Å²) in [5.41, 5.74) is 6.94. The topological polar surface area (TPSA) is 96.6 Å². The highest BCUT2D eigenvalue weighted by molar-refractivity contribution is 6.39. The molecule has 1 aliphatic rings. The first-order valence-corrected chi connectivity index (χ1v) is 4.66. The van der Waals surface area contributed by atoms with Crippen molar-refractivity contribution in [2.45, 2.75) is 18.8 Å². The van der Waals surface area contributed by atoms with Crippen molar-refractivity contribution in [1.29, 1.82) is 0 Å². The second-order valence-corrected chi connectivity index (χ2v) is 3.34. The lowest BCUT2D eigenvalue weighted by Crippen LogP contribution is -2.45. The van der Waals surface area contributed by atoms with Gasteiger partial charge in [0.15, 0.2) is 0 Å². The van der Waals surface area contributed by atoms with Gasteiger partial charge in [0.05, 0.1) is 13.1 Å². The van der Waals surface area contributed by atoms with Crippen LogP contribution in [-0.2, 0) is 9.59 Å². The zero-order valence-electron chi connectivity index (χ0n) is 8.43. The number of carbonyl (C=O) groups is 2. The summed E-state index contributed by atoms with van der Waals surface area (Å²) in [6, 6.07) is 0. The van der Waals surface area contributed by atoms with Gasteiger partial charge in [-0.2, -0.15) is 5.10 Å². The van der Waals surface area contributed by atoms with Gasteiger partial charge in [-0.1, -0.05) is 0 Å². The molecule has 1 rings (SSSR count). The van der Waals surface area contributed by atoms with Gasteiger partial charge < -0.3 is 11.1 Å². The lowest BCUT2D eigenvalue weighted by atomic mass is 10.1. The Morgan fingerprint density at radius 2 is 2.25 bits per heavy atom. The molecule has 2 amide bonds. The van der Waals surface area contributed by atoms with Crippen molar-refractivity contribution in [2.24, 2.45) is 10.8 Å². The number of hydrogen-bond acceptors (Lipinski definition) is 4. The van der Waals surface area contributed by atoms with E-state index < -0.39 is 24.9 Å². The first kappa shape index (κ1) is 12.5. The van der Waals surface area contributed by atoms with Crippen LogP contribution in [0.1, 0.15) is 12.8 Å². The van der Waals surface area contributed by atoms with Crippen LogP contribution in [0.15, 0.2) is 5.10 Å². The fourth-order valence-electron chi connectivity index (χ4n) is 1.02. The first-order chi connectivity index (χ1) is 7.44. The highest BCUT2D eigenvalue weighted by Gasteiger charge is 2.28. The van der Waals surface area contributed by atoms with Crippen LogP contribution in [0.25, 0.3) is 0 Å². The molecular formula is C8H12F2N4O2. The van der Waals surface area contributed by atoms with Crippen molar-refractivity contribution in [3.8, 4) is 0 Å². The fraction of sp³-hybridized carbons (Fsp3) is 0.625. The molecule has 0 bridgehead atoms. The van der Waals surface area contributed by atoms with Gasteiger partial charge in [-0.3, -0.25) is 9.59 Å². The number of amides is 2. The van der Waals surface area contributed by atoms with E-state index >= 15 is 0 Å². The molecule has 0 aromatic heterocycles. The summed E-state index contributed by atoms with van der Waals surface area (Å²) in [5, 5.41) is 5.47. The van der Waals surface area contributed by atoms with Crippen molar-refractivity contribution in [3.63, 3.8) is 0 Å². The minimum absolute atomic E-state index is 0.0346. The Balaban J connectivity index is 2.44. The largest absolute Gasteiger partial charge is 0.345 e. The van der Waals surface area contributed by atoms with Crippen molar-refractivity contribution < 1.29 is 18.4 Å². The summed E-state index contributed by atoms with van der Waals surface area (Å²) in [7, 11) is 0. The van der Waals surface area contributed by atoms with Gasteiger partial charge in [-0.15, -0.1) is 0 Å². The van der Waals surface area contributed by atoms with Gasteiger partial charge in [0, 0.05) is 12.8 Å². The lowest BCUT2D eigenvalue weighted by molar-refractivity contribution is -0.121. The van der Waals surface area contributed by atoms with Crippen molar-refractivity contribution >= 4 is 17.5 Å². The second kappa shape index (κ2) is 4.97. The van der Waals surface area contributed by atoms with Gasteiger partial charge in [0.2, 0.25) is 5.91 Å². The van der Waals surface area contributed by atoms with E-state index in [2.05, 4.69) is 10.5 Å². The van der Waals surface area contributed by atoms with Crippen LogP contribution in [0.5, 0.6) is 0 Å². The first-order valence-electron chi connectivity index (χ1n) is 4.66. The molecule has 8 heteroatoms. The molecule has 6 nitrogen and oxygen atoms in total. The number of halogens is 2. The number of nitrogens with zero attached hydrogens (tertiary/aromatic N) is 1. The molecular weight excluding hydrogens is 222 g/mol. The van der Waals surface area contributed by atoms with E-state index in [4.69, 9.17) is 5.73 Å². The Morgan fingerprint density at radius 3 is 2.75 bits per heavy atom. The quantitative estimate of drug-likeness (QED) is 0.579. The number of rotatable bonds is 4. The molecule has 0 aromatic carbocycles. The Kier molecular flexibility index (Phi) is 3.88. The minimum atomic E-state index is -3.13. The van der Waals surface area contributed by atoms with E-state index in [9.17, 15) is 18.4 Å². The maximum Gasteiger partial charge on any atom is 0.277 e. The number of nitrogens with two attached hydrogens (primary N) is 1. The molecule has 0 spiro atoms. The average Bonchev–Trinajstić information content (AvgIpc) is 2.27. The van der Waals surface area contributed by atoms with Gasteiger partial charge in [-0.25, -0.2) is 14.2 Å². The highest BCUT2D eigenvalue weighted by Crippen LogP contribution is 2.09. The summed E-state index contributed by atoms with van der Waals surface area (Å²) in [5.74, 6) is -4.15. The van der Waals surface area contributed by atoms with Crippen LogP contribution >= 0.6 is 0 Å². The predicted octanol–water partition coefficient (Wildman–Crippen LogP) is -1.04. The zero-order valence-corrected chi connectivity index (χ0v) is 8.43. The van der Waals surface area contributed by atoms with Crippen LogP contribution in [0, 0.1) is 0 Å². The summed E-state index contributed by atoms with van der Waals surface area (Å²) < 4.78 is 25.4. The molecule has 16 heavy (non-hydrogen) atoms. The number of carbonyl (C=O) groups excluding carboxylic acids is 2. The number of alkyl halides is 2. The Hall–Kier alpha value is -1.57. The van der Waals surface area contributed by atoms with E-state index in [-0.39, 0.29) is 24.5 Å². The van der Waals surface area contributed by atoms with Crippen molar-refractivity contribution in [1.82, 2.24) is 10.7 Å². The van der Waals surface area contributed by atoms with E-state index in [1.807, 2.05) is 5.32 Å². The molecule has 0 fully saturated rings. The molecule has 0 saturated heterocycles. The standard InChI is InChI=1S/C8H12F2N4O2/c9-8(10,3-11)4-12-7(16)5-1-2-6(15)14-13-5/h1-4,11H2,(H,12,16)(H,14,15). The smallest absolute Gasteiger partial charge is 0.277 e. The Labute approximate surface area is 90.2 Å². The van der Waals surface area contributed by atoms with Crippen LogP contribution in [0.4, 0.5) is 8.78 Å². The molecule has 4 N–H and O–H groups in total.